The second-order valence-electron chi connectivity index (χ2n) is 5.74. The van der Waals surface area contributed by atoms with E-state index in [9.17, 15) is 9.18 Å². The third kappa shape index (κ3) is 2.36. The van der Waals surface area contributed by atoms with Gasteiger partial charge in [-0.05, 0) is 30.7 Å². The Morgan fingerprint density at radius 2 is 2.04 bits per heavy atom. The van der Waals surface area contributed by atoms with E-state index >= 15 is 0 Å². The van der Waals surface area contributed by atoms with Crippen LogP contribution in [0, 0.1) is 5.82 Å². The van der Waals surface area contributed by atoms with Crippen LogP contribution >= 0.6 is 0 Å². The molecule has 1 aliphatic heterocycles. The Labute approximate surface area is 137 Å². The number of fused-ring (bicyclic) bond motifs is 1. The van der Waals surface area contributed by atoms with Gasteiger partial charge in [0.25, 0.3) is 0 Å². The van der Waals surface area contributed by atoms with E-state index in [0.29, 0.717) is 29.4 Å². The molecule has 1 atom stereocenters. The predicted molar refractivity (Wildman–Crippen MR) is 85.8 cm³/mol. The number of hydrogen-bond acceptors (Lipinski definition) is 5. The first-order chi connectivity index (χ1) is 11.6. The van der Waals surface area contributed by atoms with Crippen molar-refractivity contribution in [2.24, 2.45) is 0 Å². The highest BCUT2D eigenvalue weighted by Crippen LogP contribution is 2.22. The van der Waals surface area contributed by atoms with Crippen molar-refractivity contribution in [3.63, 3.8) is 0 Å². The number of likely N-dealkylation sites (N-methyl/N-ethyl adjacent to an activating group) is 1. The van der Waals surface area contributed by atoms with Crippen LogP contribution < -0.4 is 5.32 Å². The van der Waals surface area contributed by atoms with Gasteiger partial charge < -0.3 is 10.2 Å². The van der Waals surface area contributed by atoms with Gasteiger partial charge in [-0.3, -0.25) is 4.79 Å². The maximum absolute atomic E-state index is 14.0. The first-order valence-electron chi connectivity index (χ1n) is 7.62. The quantitative estimate of drug-likeness (QED) is 0.791. The van der Waals surface area contributed by atoms with Gasteiger partial charge in [-0.25, -0.2) is 4.39 Å². The lowest BCUT2D eigenvalue weighted by Gasteiger charge is -2.12. The molecule has 1 saturated heterocycles. The first-order valence-corrected chi connectivity index (χ1v) is 7.62. The molecule has 0 spiro atoms. The highest BCUT2D eigenvalue weighted by molar-refractivity contribution is 5.86. The summed E-state index contributed by atoms with van der Waals surface area (Å²) in [6.45, 7) is 0.714. The Morgan fingerprint density at radius 1 is 1.21 bits per heavy atom. The van der Waals surface area contributed by atoms with E-state index in [1.165, 1.54) is 10.6 Å². The third-order valence-corrected chi connectivity index (χ3v) is 4.13. The maximum atomic E-state index is 14.0. The number of amides is 1. The molecule has 122 valence electrons. The zero-order valence-corrected chi connectivity index (χ0v) is 13.0. The van der Waals surface area contributed by atoms with E-state index in [-0.39, 0.29) is 17.8 Å². The minimum atomic E-state index is -0.389. The SMILES string of the molecule is CN1CCC(Nc2ccc3nnc(-c4ccccc4F)n3n2)C1=O. The van der Waals surface area contributed by atoms with Crippen LogP contribution in [0.4, 0.5) is 10.2 Å². The molecule has 0 saturated carbocycles. The van der Waals surface area contributed by atoms with Crippen molar-refractivity contribution >= 4 is 17.4 Å². The summed E-state index contributed by atoms with van der Waals surface area (Å²) >= 11 is 0. The summed E-state index contributed by atoms with van der Waals surface area (Å²) in [5.41, 5.74) is 0.833. The Hall–Kier alpha value is -3.03. The summed E-state index contributed by atoms with van der Waals surface area (Å²) in [6.07, 6.45) is 0.720. The number of rotatable bonds is 3. The minimum absolute atomic E-state index is 0.0370. The fourth-order valence-electron chi connectivity index (χ4n) is 2.81. The number of nitrogens with zero attached hydrogens (tertiary/aromatic N) is 5. The highest BCUT2D eigenvalue weighted by atomic mass is 19.1. The van der Waals surface area contributed by atoms with Crippen molar-refractivity contribution in [2.75, 3.05) is 18.9 Å². The number of nitrogens with one attached hydrogen (secondary N) is 1. The van der Waals surface area contributed by atoms with Crippen molar-refractivity contribution < 1.29 is 9.18 Å². The van der Waals surface area contributed by atoms with Gasteiger partial charge in [0.15, 0.2) is 11.5 Å². The van der Waals surface area contributed by atoms with E-state index in [1.807, 2.05) is 0 Å². The minimum Gasteiger partial charge on any atom is -0.357 e. The summed E-state index contributed by atoms with van der Waals surface area (Å²) < 4.78 is 15.5. The average molecular weight is 326 g/mol. The lowest BCUT2D eigenvalue weighted by Crippen LogP contribution is -2.31. The molecule has 24 heavy (non-hydrogen) atoms. The molecule has 0 bridgehead atoms. The largest absolute Gasteiger partial charge is 0.357 e. The summed E-state index contributed by atoms with van der Waals surface area (Å²) in [5, 5.41) is 15.6. The molecule has 1 N–H and O–H groups in total. The number of carbonyl (C=O) groups is 1. The molecule has 1 amide bonds. The van der Waals surface area contributed by atoms with Crippen molar-refractivity contribution in [2.45, 2.75) is 12.5 Å². The lowest BCUT2D eigenvalue weighted by molar-refractivity contribution is -0.127. The molecule has 4 rings (SSSR count). The summed E-state index contributed by atoms with van der Waals surface area (Å²) in [6, 6.07) is 9.51. The van der Waals surface area contributed by atoms with Gasteiger partial charge in [-0.2, -0.15) is 4.52 Å². The maximum Gasteiger partial charge on any atom is 0.244 e. The Balaban J connectivity index is 1.71. The van der Waals surface area contributed by atoms with E-state index in [2.05, 4.69) is 20.6 Å². The van der Waals surface area contributed by atoms with Crippen LogP contribution in [0.15, 0.2) is 36.4 Å². The number of carbonyl (C=O) groups excluding carboxylic acids is 1. The van der Waals surface area contributed by atoms with Crippen LogP contribution in [0.3, 0.4) is 0 Å². The Bertz CT molecular complexity index is 924. The Morgan fingerprint density at radius 3 is 2.79 bits per heavy atom. The van der Waals surface area contributed by atoms with Crippen LogP contribution in [0.1, 0.15) is 6.42 Å². The monoisotopic (exact) mass is 326 g/mol. The highest BCUT2D eigenvalue weighted by Gasteiger charge is 2.29. The molecular weight excluding hydrogens is 311 g/mol. The molecule has 1 aromatic carbocycles. The smallest absolute Gasteiger partial charge is 0.244 e. The van der Waals surface area contributed by atoms with Gasteiger partial charge in [-0.1, -0.05) is 12.1 Å². The topological polar surface area (TPSA) is 75.4 Å². The number of aromatic nitrogens is 4. The van der Waals surface area contributed by atoms with Crippen molar-refractivity contribution in [1.29, 1.82) is 0 Å². The van der Waals surface area contributed by atoms with Crippen LogP contribution in [0.2, 0.25) is 0 Å². The molecule has 3 heterocycles. The molecule has 2 aromatic heterocycles. The molecule has 3 aromatic rings. The molecule has 0 aliphatic carbocycles. The second kappa shape index (κ2) is 5.55. The number of hydrogen-bond donors (Lipinski definition) is 1. The van der Waals surface area contributed by atoms with Crippen LogP contribution in [-0.2, 0) is 4.79 Å². The van der Waals surface area contributed by atoms with Gasteiger partial charge in [-0.15, -0.1) is 15.3 Å². The van der Waals surface area contributed by atoms with E-state index < -0.39 is 0 Å². The van der Waals surface area contributed by atoms with Crippen molar-refractivity contribution in [3.05, 3.63) is 42.2 Å². The predicted octanol–water partition coefficient (Wildman–Crippen LogP) is 1.57. The lowest BCUT2D eigenvalue weighted by atomic mass is 10.2. The van der Waals surface area contributed by atoms with Gasteiger partial charge in [0.2, 0.25) is 5.91 Å². The molecule has 8 heteroatoms. The fraction of sp³-hybridized carbons (Fsp3) is 0.250. The zero-order valence-electron chi connectivity index (χ0n) is 13.0. The zero-order chi connectivity index (χ0) is 16.7. The van der Waals surface area contributed by atoms with Gasteiger partial charge in [0.1, 0.15) is 17.7 Å². The standard InChI is InChI=1S/C16H15FN6O/c1-22-9-8-12(16(22)24)18-13-6-7-14-19-20-15(23(14)21-13)10-4-2-3-5-11(10)17/h2-7,12H,8-9H2,1H3,(H,18,21). The Kier molecular flexibility index (Phi) is 3.37. The number of anilines is 1. The fourth-order valence-corrected chi connectivity index (χ4v) is 2.81. The summed E-state index contributed by atoms with van der Waals surface area (Å²) in [4.78, 5) is 13.7. The number of halogens is 1. The molecule has 1 fully saturated rings. The average Bonchev–Trinajstić information content (AvgIpc) is 3.14. The van der Waals surface area contributed by atoms with Gasteiger partial charge in [0, 0.05) is 13.6 Å². The van der Waals surface area contributed by atoms with E-state index in [0.717, 1.165) is 6.42 Å². The van der Waals surface area contributed by atoms with Crippen LogP contribution in [0.5, 0.6) is 0 Å². The van der Waals surface area contributed by atoms with Crippen LogP contribution in [0.25, 0.3) is 17.0 Å². The van der Waals surface area contributed by atoms with Gasteiger partial charge >= 0.3 is 0 Å². The summed E-state index contributed by atoms with van der Waals surface area (Å²) in [5.74, 6) is 0.490. The van der Waals surface area contributed by atoms with Gasteiger partial charge in [0.05, 0.1) is 5.56 Å². The summed E-state index contributed by atoms with van der Waals surface area (Å²) in [7, 11) is 1.77. The molecule has 1 unspecified atom stereocenters. The van der Waals surface area contributed by atoms with Crippen molar-refractivity contribution in [3.8, 4) is 11.4 Å². The second-order valence-corrected chi connectivity index (χ2v) is 5.74. The van der Waals surface area contributed by atoms with Crippen LogP contribution in [-0.4, -0.2) is 50.3 Å². The first kappa shape index (κ1) is 14.6. The van der Waals surface area contributed by atoms with Crippen molar-refractivity contribution in [1.82, 2.24) is 24.7 Å². The third-order valence-electron chi connectivity index (χ3n) is 4.13. The van der Waals surface area contributed by atoms with E-state index in [4.69, 9.17) is 0 Å². The number of likely N-dealkylation sites (tertiary alicyclic amines) is 1. The molecule has 7 nitrogen and oxygen atoms in total. The molecule has 0 radical (unpaired) electrons. The number of benzene rings is 1. The van der Waals surface area contributed by atoms with E-state index in [1.54, 1.807) is 42.3 Å². The normalized spacial score (nSPS) is 17.7. The molecule has 1 aliphatic rings. The molecular formula is C16H15FN6O.